The largest absolute Gasteiger partial charge is 0.469 e. The van der Waals surface area contributed by atoms with Crippen molar-refractivity contribution in [2.75, 3.05) is 10.0 Å². The summed E-state index contributed by atoms with van der Waals surface area (Å²) in [6, 6.07) is 9.68. The third-order valence-corrected chi connectivity index (χ3v) is 5.08. The Morgan fingerprint density at radius 3 is 2.22 bits per heavy atom. The molecule has 6 nitrogen and oxygen atoms in total. The highest BCUT2D eigenvalue weighted by Crippen LogP contribution is 2.20. The van der Waals surface area contributed by atoms with Crippen LogP contribution in [0.15, 0.2) is 64.1 Å². The van der Waals surface area contributed by atoms with Gasteiger partial charge in [-0.2, -0.15) is 0 Å². The summed E-state index contributed by atoms with van der Waals surface area (Å²) < 4.78 is 58.0. The number of furan rings is 1. The lowest BCUT2D eigenvalue weighted by Crippen LogP contribution is -2.14. The molecule has 0 fully saturated rings. The van der Waals surface area contributed by atoms with E-state index in [-0.39, 0.29) is 11.6 Å². The van der Waals surface area contributed by atoms with E-state index in [4.69, 9.17) is 4.42 Å². The van der Waals surface area contributed by atoms with Crippen molar-refractivity contribution in [1.82, 2.24) is 0 Å². The third kappa shape index (κ3) is 4.14. The normalized spacial score (nSPS) is 11.2. The summed E-state index contributed by atoms with van der Waals surface area (Å²) in [6.07, 6.45) is 1.40. The van der Waals surface area contributed by atoms with Gasteiger partial charge in [-0.1, -0.05) is 0 Å². The summed E-state index contributed by atoms with van der Waals surface area (Å²) >= 11 is 0. The maximum Gasteiger partial charge on any atom is 0.261 e. The average Bonchev–Trinajstić information content (AvgIpc) is 3.05. The standard InChI is InChI=1S/C18H14F2N2O4S/c1-11-15(8-9-26-11)18(23)21-12-2-4-13(5-3-12)22-27(24,25)14-6-7-16(19)17(20)10-14/h2-10,22H,1H3,(H,21,23). The van der Waals surface area contributed by atoms with Crippen LogP contribution < -0.4 is 10.0 Å². The molecule has 0 atom stereocenters. The topological polar surface area (TPSA) is 88.4 Å². The molecule has 0 radical (unpaired) electrons. The van der Waals surface area contributed by atoms with E-state index in [2.05, 4.69) is 10.0 Å². The molecule has 0 aliphatic carbocycles. The molecule has 0 spiro atoms. The van der Waals surface area contributed by atoms with Gasteiger partial charge in [0.05, 0.1) is 16.7 Å². The minimum absolute atomic E-state index is 0.192. The number of sulfonamides is 1. The van der Waals surface area contributed by atoms with Gasteiger partial charge in [0.2, 0.25) is 0 Å². The zero-order valence-electron chi connectivity index (χ0n) is 14.0. The molecule has 0 saturated heterocycles. The van der Waals surface area contributed by atoms with Crippen LogP contribution in [-0.4, -0.2) is 14.3 Å². The monoisotopic (exact) mass is 392 g/mol. The van der Waals surface area contributed by atoms with Crippen LogP contribution in [0.2, 0.25) is 0 Å². The van der Waals surface area contributed by atoms with Gasteiger partial charge in [-0.15, -0.1) is 0 Å². The number of hydrogen-bond acceptors (Lipinski definition) is 4. The Morgan fingerprint density at radius 1 is 0.963 bits per heavy atom. The highest BCUT2D eigenvalue weighted by atomic mass is 32.2. The fourth-order valence-electron chi connectivity index (χ4n) is 2.30. The van der Waals surface area contributed by atoms with Gasteiger partial charge in [-0.3, -0.25) is 9.52 Å². The van der Waals surface area contributed by atoms with Crippen LogP contribution in [0.1, 0.15) is 16.1 Å². The Bertz CT molecular complexity index is 1090. The molecule has 0 aliphatic rings. The lowest BCUT2D eigenvalue weighted by Gasteiger charge is -2.10. The molecule has 140 valence electrons. The summed E-state index contributed by atoms with van der Waals surface area (Å²) in [5.41, 5.74) is 1.02. The summed E-state index contributed by atoms with van der Waals surface area (Å²) in [5.74, 6) is -2.29. The molecule has 27 heavy (non-hydrogen) atoms. The number of rotatable bonds is 5. The number of benzene rings is 2. The fraction of sp³-hybridized carbons (Fsp3) is 0.0556. The Morgan fingerprint density at radius 2 is 1.63 bits per heavy atom. The minimum atomic E-state index is -4.09. The number of hydrogen-bond donors (Lipinski definition) is 2. The molecule has 0 unspecified atom stereocenters. The van der Waals surface area contributed by atoms with Crippen LogP contribution in [0, 0.1) is 18.6 Å². The first-order valence-electron chi connectivity index (χ1n) is 7.69. The van der Waals surface area contributed by atoms with E-state index in [9.17, 15) is 22.0 Å². The predicted octanol–water partition coefficient (Wildman–Crippen LogP) is 3.92. The van der Waals surface area contributed by atoms with E-state index in [1.807, 2.05) is 0 Å². The smallest absolute Gasteiger partial charge is 0.261 e. The molecule has 1 heterocycles. The third-order valence-electron chi connectivity index (χ3n) is 3.70. The SMILES string of the molecule is Cc1occc1C(=O)Nc1ccc(NS(=O)(=O)c2ccc(F)c(F)c2)cc1. The lowest BCUT2D eigenvalue weighted by molar-refractivity contribution is 0.102. The van der Waals surface area contributed by atoms with Crippen LogP contribution in [0.3, 0.4) is 0 Å². The Kier molecular flexibility index (Phi) is 4.95. The molecule has 3 rings (SSSR count). The van der Waals surface area contributed by atoms with E-state index in [1.54, 1.807) is 6.92 Å². The molecule has 9 heteroatoms. The van der Waals surface area contributed by atoms with Crippen LogP contribution in [0.25, 0.3) is 0 Å². The number of nitrogens with one attached hydrogen (secondary N) is 2. The quantitative estimate of drug-likeness (QED) is 0.689. The molecular formula is C18H14F2N2O4S. The van der Waals surface area contributed by atoms with Crippen molar-refractivity contribution in [2.24, 2.45) is 0 Å². The summed E-state index contributed by atoms with van der Waals surface area (Å²) in [7, 11) is -4.09. The highest BCUT2D eigenvalue weighted by molar-refractivity contribution is 7.92. The number of carbonyl (C=O) groups is 1. The number of anilines is 2. The van der Waals surface area contributed by atoms with Gasteiger partial charge in [0.25, 0.3) is 15.9 Å². The van der Waals surface area contributed by atoms with Crippen LogP contribution >= 0.6 is 0 Å². The number of aryl methyl sites for hydroxylation is 1. The molecule has 0 bridgehead atoms. The van der Waals surface area contributed by atoms with Gasteiger partial charge in [-0.05, 0) is 55.5 Å². The van der Waals surface area contributed by atoms with Gasteiger partial charge in [-0.25, -0.2) is 17.2 Å². The number of carbonyl (C=O) groups excluding carboxylic acids is 1. The molecule has 1 aromatic heterocycles. The Labute approximate surface area is 153 Å². The maximum absolute atomic E-state index is 13.3. The zero-order valence-corrected chi connectivity index (χ0v) is 14.8. The van der Waals surface area contributed by atoms with Crippen molar-refractivity contribution < 1.29 is 26.4 Å². The summed E-state index contributed by atoms with van der Waals surface area (Å²) in [5, 5.41) is 2.65. The average molecular weight is 392 g/mol. The van der Waals surface area contributed by atoms with Gasteiger partial charge in [0.1, 0.15) is 5.76 Å². The second kappa shape index (κ2) is 7.20. The summed E-state index contributed by atoms with van der Waals surface area (Å²) in [4.78, 5) is 11.7. The van der Waals surface area contributed by atoms with E-state index < -0.39 is 26.6 Å². The van der Waals surface area contributed by atoms with E-state index in [1.165, 1.54) is 36.6 Å². The first-order valence-corrected chi connectivity index (χ1v) is 9.18. The Hall–Kier alpha value is -3.20. The van der Waals surface area contributed by atoms with Gasteiger partial charge >= 0.3 is 0 Å². The van der Waals surface area contributed by atoms with Crippen LogP contribution in [-0.2, 0) is 10.0 Å². The zero-order chi connectivity index (χ0) is 19.6. The Balaban J connectivity index is 1.72. The van der Waals surface area contributed by atoms with Gasteiger partial charge in [0, 0.05) is 11.4 Å². The fourth-order valence-corrected chi connectivity index (χ4v) is 3.37. The van der Waals surface area contributed by atoms with Gasteiger partial charge in [0.15, 0.2) is 11.6 Å². The van der Waals surface area contributed by atoms with Crippen molar-refractivity contribution in [3.05, 3.63) is 77.8 Å². The van der Waals surface area contributed by atoms with Crippen molar-refractivity contribution >= 4 is 27.3 Å². The van der Waals surface area contributed by atoms with Crippen LogP contribution in [0.5, 0.6) is 0 Å². The lowest BCUT2D eigenvalue weighted by atomic mass is 10.2. The number of amides is 1. The van der Waals surface area contributed by atoms with E-state index >= 15 is 0 Å². The molecule has 2 N–H and O–H groups in total. The molecule has 2 aromatic carbocycles. The first kappa shape index (κ1) is 18.6. The molecule has 0 saturated carbocycles. The number of halogens is 2. The minimum Gasteiger partial charge on any atom is -0.469 e. The molecule has 1 amide bonds. The van der Waals surface area contributed by atoms with E-state index in [0.717, 1.165) is 12.1 Å². The highest BCUT2D eigenvalue weighted by Gasteiger charge is 2.17. The van der Waals surface area contributed by atoms with Crippen molar-refractivity contribution in [1.29, 1.82) is 0 Å². The molecule has 0 aliphatic heterocycles. The van der Waals surface area contributed by atoms with Crippen molar-refractivity contribution in [3.63, 3.8) is 0 Å². The second-order valence-electron chi connectivity index (χ2n) is 5.60. The van der Waals surface area contributed by atoms with Crippen LogP contribution in [0.4, 0.5) is 20.2 Å². The van der Waals surface area contributed by atoms with Crippen molar-refractivity contribution in [2.45, 2.75) is 11.8 Å². The first-order chi connectivity index (χ1) is 12.8. The van der Waals surface area contributed by atoms with Gasteiger partial charge < -0.3 is 9.73 Å². The second-order valence-corrected chi connectivity index (χ2v) is 7.29. The van der Waals surface area contributed by atoms with Crippen molar-refractivity contribution in [3.8, 4) is 0 Å². The van der Waals surface area contributed by atoms with E-state index in [0.29, 0.717) is 23.1 Å². The molecule has 3 aromatic rings. The molecular weight excluding hydrogens is 378 g/mol. The predicted molar refractivity (Wildman–Crippen MR) is 95.0 cm³/mol. The maximum atomic E-state index is 13.3. The summed E-state index contributed by atoms with van der Waals surface area (Å²) in [6.45, 7) is 1.66.